The molecule has 0 aromatic heterocycles. The van der Waals surface area contributed by atoms with Crippen LogP contribution in [0.4, 0.5) is 0 Å². The quantitative estimate of drug-likeness (QED) is 0.424. The Kier molecular flexibility index (Phi) is 5.17. The normalized spacial score (nSPS) is 11.7. The monoisotopic (exact) mass is 251 g/mol. The molecule has 0 N–H and O–H groups in total. The Morgan fingerprint density at radius 2 is 2.06 bits per heavy atom. The summed E-state index contributed by atoms with van der Waals surface area (Å²) in [6.45, 7) is 3.51. The van der Waals surface area contributed by atoms with Crippen LogP contribution in [0.15, 0.2) is 30.9 Å². The SMILES string of the molecule is C=CCC(C[N+](=O)[O-])c1ccc(OC)c(OC)c1. The van der Waals surface area contributed by atoms with Crippen LogP contribution < -0.4 is 9.47 Å². The second-order valence-corrected chi connectivity index (χ2v) is 3.85. The predicted octanol–water partition coefficient (Wildman–Crippen LogP) is 2.64. The van der Waals surface area contributed by atoms with Crippen LogP contribution >= 0.6 is 0 Å². The molecule has 0 bridgehead atoms. The lowest BCUT2D eigenvalue weighted by Gasteiger charge is -2.14. The third-order valence-electron chi connectivity index (χ3n) is 2.70. The number of hydrogen-bond donors (Lipinski definition) is 0. The molecular formula is C13H17NO4. The first-order chi connectivity index (χ1) is 8.62. The minimum absolute atomic E-state index is 0.124. The number of methoxy groups -OCH3 is 2. The number of hydrogen-bond acceptors (Lipinski definition) is 4. The first-order valence-electron chi connectivity index (χ1n) is 5.57. The summed E-state index contributed by atoms with van der Waals surface area (Å²) < 4.78 is 10.3. The van der Waals surface area contributed by atoms with Crippen LogP contribution in [0.5, 0.6) is 11.5 Å². The van der Waals surface area contributed by atoms with Crippen LogP contribution in [-0.2, 0) is 0 Å². The van der Waals surface area contributed by atoms with Gasteiger partial charge in [0.1, 0.15) is 0 Å². The van der Waals surface area contributed by atoms with Gasteiger partial charge in [-0.15, -0.1) is 6.58 Å². The molecule has 0 aliphatic rings. The van der Waals surface area contributed by atoms with Gasteiger partial charge in [-0.1, -0.05) is 12.1 Å². The number of ether oxygens (including phenoxy) is 2. The maximum Gasteiger partial charge on any atom is 0.210 e. The molecule has 0 fully saturated rings. The zero-order chi connectivity index (χ0) is 13.5. The number of nitrogens with zero attached hydrogens (tertiary/aromatic N) is 1. The van der Waals surface area contributed by atoms with E-state index in [1.165, 1.54) is 7.11 Å². The number of benzene rings is 1. The lowest BCUT2D eigenvalue weighted by atomic mass is 9.95. The molecule has 5 heteroatoms. The van der Waals surface area contributed by atoms with Crippen molar-refractivity contribution < 1.29 is 14.4 Å². The van der Waals surface area contributed by atoms with Gasteiger partial charge in [-0.2, -0.15) is 0 Å². The molecule has 1 aromatic carbocycles. The van der Waals surface area contributed by atoms with Crippen LogP contribution in [0.25, 0.3) is 0 Å². The van der Waals surface area contributed by atoms with E-state index >= 15 is 0 Å². The molecule has 1 unspecified atom stereocenters. The minimum atomic E-state index is -0.315. The third-order valence-corrected chi connectivity index (χ3v) is 2.70. The highest BCUT2D eigenvalue weighted by Crippen LogP contribution is 2.31. The molecule has 18 heavy (non-hydrogen) atoms. The van der Waals surface area contributed by atoms with Gasteiger partial charge in [0.25, 0.3) is 0 Å². The summed E-state index contributed by atoms with van der Waals surface area (Å²) in [6.07, 6.45) is 2.24. The molecular weight excluding hydrogens is 234 g/mol. The molecule has 5 nitrogen and oxygen atoms in total. The fourth-order valence-electron chi connectivity index (χ4n) is 1.80. The van der Waals surface area contributed by atoms with E-state index < -0.39 is 0 Å². The Hall–Kier alpha value is -2.04. The molecule has 1 atom stereocenters. The lowest BCUT2D eigenvalue weighted by molar-refractivity contribution is -0.483. The van der Waals surface area contributed by atoms with E-state index in [0.29, 0.717) is 17.9 Å². The standard InChI is InChI=1S/C13H17NO4/c1-4-5-11(9-14(15)16)10-6-7-12(17-2)13(8-10)18-3/h4,6-8,11H,1,5,9H2,2-3H3. The molecule has 98 valence electrons. The van der Waals surface area contributed by atoms with E-state index in [1.807, 2.05) is 6.07 Å². The van der Waals surface area contributed by atoms with Crippen molar-refractivity contribution in [2.45, 2.75) is 12.3 Å². The molecule has 0 radical (unpaired) electrons. The molecule has 1 rings (SSSR count). The highest BCUT2D eigenvalue weighted by molar-refractivity contribution is 5.44. The van der Waals surface area contributed by atoms with Crippen molar-refractivity contribution in [1.29, 1.82) is 0 Å². The molecule has 0 heterocycles. The van der Waals surface area contributed by atoms with Gasteiger partial charge in [0.15, 0.2) is 11.5 Å². The average Bonchev–Trinajstić information content (AvgIpc) is 2.37. The van der Waals surface area contributed by atoms with E-state index in [-0.39, 0.29) is 17.4 Å². The Labute approximate surface area is 106 Å². The first-order valence-corrected chi connectivity index (χ1v) is 5.57. The molecule has 0 spiro atoms. The highest BCUT2D eigenvalue weighted by atomic mass is 16.6. The Bertz CT molecular complexity index is 431. The van der Waals surface area contributed by atoms with E-state index in [4.69, 9.17) is 9.47 Å². The number of allylic oxidation sites excluding steroid dienone is 1. The molecule has 0 saturated heterocycles. The third kappa shape index (κ3) is 3.48. The van der Waals surface area contributed by atoms with Crippen LogP contribution in [0.1, 0.15) is 17.9 Å². The largest absolute Gasteiger partial charge is 0.493 e. The number of nitro groups is 1. The second-order valence-electron chi connectivity index (χ2n) is 3.85. The van der Waals surface area contributed by atoms with Crippen molar-refractivity contribution in [2.24, 2.45) is 0 Å². The maximum absolute atomic E-state index is 10.7. The summed E-state index contributed by atoms with van der Waals surface area (Å²) in [7, 11) is 3.09. The molecule has 0 aliphatic carbocycles. The van der Waals surface area contributed by atoms with Gasteiger partial charge >= 0.3 is 0 Å². The summed E-state index contributed by atoms with van der Waals surface area (Å²) in [5.41, 5.74) is 0.851. The molecule has 0 amide bonds. The predicted molar refractivity (Wildman–Crippen MR) is 69.0 cm³/mol. The first kappa shape index (κ1) is 14.0. The van der Waals surface area contributed by atoms with Crippen LogP contribution in [-0.4, -0.2) is 25.7 Å². The zero-order valence-electron chi connectivity index (χ0n) is 10.6. The van der Waals surface area contributed by atoms with Crippen molar-refractivity contribution >= 4 is 0 Å². The van der Waals surface area contributed by atoms with Gasteiger partial charge < -0.3 is 9.47 Å². The summed E-state index contributed by atoms with van der Waals surface area (Å²) in [6, 6.07) is 5.35. The summed E-state index contributed by atoms with van der Waals surface area (Å²) in [4.78, 5) is 10.3. The smallest absolute Gasteiger partial charge is 0.210 e. The van der Waals surface area contributed by atoms with E-state index in [2.05, 4.69) is 6.58 Å². The van der Waals surface area contributed by atoms with Gasteiger partial charge in [-0.05, 0) is 24.1 Å². The fourth-order valence-corrected chi connectivity index (χ4v) is 1.80. The summed E-state index contributed by atoms with van der Waals surface area (Å²) in [5, 5.41) is 10.7. The molecule has 1 aromatic rings. The number of rotatable bonds is 7. The maximum atomic E-state index is 10.7. The van der Waals surface area contributed by atoms with Crippen LogP contribution in [0, 0.1) is 10.1 Å². The van der Waals surface area contributed by atoms with Gasteiger partial charge in [-0.25, -0.2) is 0 Å². The van der Waals surface area contributed by atoms with Crippen molar-refractivity contribution in [2.75, 3.05) is 20.8 Å². The molecule has 0 saturated carbocycles. The van der Waals surface area contributed by atoms with Gasteiger partial charge in [-0.3, -0.25) is 10.1 Å². The van der Waals surface area contributed by atoms with E-state index in [9.17, 15) is 10.1 Å². The van der Waals surface area contributed by atoms with E-state index in [1.54, 1.807) is 25.3 Å². The highest BCUT2D eigenvalue weighted by Gasteiger charge is 2.18. The van der Waals surface area contributed by atoms with Gasteiger partial charge in [0, 0.05) is 4.92 Å². The lowest BCUT2D eigenvalue weighted by Crippen LogP contribution is -2.12. The van der Waals surface area contributed by atoms with Crippen molar-refractivity contribution in [3.05, 3.63) is 46.5 Å². The minimum Gasteiger partial charge on any atom is -0.493 e. The van der Waals surface area contributed by atoms with Crippen molar-refractivity contribution in [3.63, 3.8) is 0 Å². The zero-order valence-corrected chi connectivity index (χ0v) is 10.6. The van der Waals surface area contributed by atoms with Crippen molar-refractivity contribution in [3.8, 4) is 11.5 Å². The van der Waals surface area contributed by atoms with Crippen LogP contribution in [0.2, 0.25) is 0 Å². The second kappa shape index (κ2) is 6.64. The topological polar surface area (TPSA) is 61.6 Å². The summed E-state index contributed by atoms with van der Waals surface area (Å²) in [5.74, 6) is 0.990. The Balaban J connectivity index is 3.04. The Morgan fingerprint density at radius 1 is 1.39 bits per heavy atom. The van der Waals surface area contributed by atoms with Crippen LogP contribution in [0.3, 0.4) is 0 Å². The summed E-state index contributed by atoms with van der Waals surface area (Å²) >= 11 is 0. The molecule has 0 aliphatic heterocycles. The van der Waals surface area contributed by atoms with E-state index in [0.717, 1.165) is 5.56 Å². The fraction of sp³-hybridized carbons (Fsp3) is 0.385. The van der Waals surface area contributed by atoms with Gasteiger partial charge in [0.05, 0.1) is 20.1 Å². The Morgan fingerprint density at radius 3 is 2.56 bits per heavy atom. The van der Waals surface area contributed by atoms with Gasteiger partial charge in [0.2, 0.25) is 6.54 Å². The van der Waals surface area contributed by atoms with Crippen molar-refractivity contribution in [1.82, 2.24) is 0 Å². The average molecular weight is 251 g/mol.